The summed E-state index contributed by atoms with van der Waals surface area (Å²) in [6, 6.07) is 16.0. The average Bonchev–Trinajstić information content (AvgIpc) is 3.37. The molecule has 1 amide bonds. The number of halogens is 1. The molecule has 160 valence electrons. The number of nitrogens with one attached hydrogen (secondary N) is 1. The summed E-state index contributed by atoms with van der Waals surface area (Å²) in [6.07, 6.45) is 0.666. The summed E-state index contributed by atoms with van der Waals surface area (Å²) in [5.41, 5.74) is 3.57. The van der Waals surface area contributed by atoms with Gasteiger partial charge >= 0.3 is 0 Å². The predicted molar refractivity (Wildman–Crippen MR) is 121 cm³/mol. The van der Waals surface area contributed by atoms with Crippen LogP contribution in [0.15, 0.2) is 60.0 Å². The second kappa shape index (κ2) is 9.22. The fourth-order valence-electron chi connectivity index (χ4n) is 3.56. The van der Waals surface area contributed by atoms with Crippen molar-refractivity contribution in [3.05, 3.63) is 82.6 Å². The van der Waals surface area contributed by atoms with Gasteiger partial charge in [0, 0.05) is 13.1 Å². The first-order chi connectivity index (χ1) is 15.1. The molecule has 0 radical (unpaired) electrons. The van der Waals surface area contributed by atoms with E-state index < -0.39 is 0 Å². The van der Waals surface area contributed by atoms with Crippen LogP contribution in [0.2, 0.25) is 0 Å². The number of amides is 1. The van der Waals surface area contributed by atoms with Gasteiger partial charge in [0.25, 0.3) is 5.91 Å². The molecular weight excluding hydrogens is 415 g/mol. The van der Waals surface area contributed by atoms with E-state index in [1.54, 1.807) is 37.7 Å². The number of methoxy groups -OCH3 is 2. The van der Waals surface area contributed by atoms with Crippen molar-refractivity contribution in [1.82, 2.24) is 9.88 Å². The molecule has 2 heterocycles. The summed E-state index contributed by atoms with van der Waals surface area (Å²) in [5.74, 6) is 0.935. The number of carbonyl (C=O) groups is 1. The van der Waals surface area contributed by atoms with E-state index in [0.717, 1.165) is 21.3 Å². The summed E-state index contributed by atoms with van der Waals surface area (Å²) in [4.78, 5) is 13.0. The Bertz CT molecular complexity index is 1200. The molecule has 0 unspecified atom stereocenters. The highest BCUT2D eigenvalue weighted by atomic mass is 32.1. The molecule has 4 aromatic rings. The number of ether oxygens (including phenoxy) is 2. The second-order valence-corrected chi connectivity index (χ2v) is 8.06. The maximum absolute atomic E-state index is 13.3. The van der Waals surface area contributed by atoms with E-state index in [9.17, 15) is 9.18 Å². The van der Waals surface area contributed by atoms with Gasteiger partial charge in [-0.2, -0.15) is 0 Å². The predicted octanol–water partition coefficient (Wildman–Crippen LogP) is 4.88. The lowest BCUT2D eigenvalue weighted by molar-refractivity contribution is 0.0945. The van der Waals surface area contributed by atoms with Crippen molar-refractivity contribution in [2.24, 2.45) is 0 Å². The van der Waals surface area contributed by atoms with E-state index in [-0.39, 0.29) is 11.7 Å². The number of nitrogens with zero attached hydrogens (tertiary/aromatic N) is 1. The van der Waals surface area contributed by atoms with E-state index in [0.29, 0.717) is 36.7 Å². The minimum atomic E-state index is -0.273. The smallest absolute Gasteiger partial charge is 0.267 e. The van der Waals surface area contributed by atoms with E-state index in [1.807, 2.05) is 40.3 Å². The van der Waals surface area contributed by atoms with Crippen molar-refractivity contribution in [3.63, 3.8) is 0 Å². The van der Waals surface area contributed by atoms with E-state index in [1.165, 1.54) is 12.1 Å². The molecule has 0 aliphatic carbocycles. The number of hydrogen-bond donors (Lipinski definition) is 1. The Morgan fingerprint density at radius 1 is 1.00 bits per heavy atom. The van der Waals surface area contributed by atoms with E-state index in [2.05, 4.69) is 5.32 Å². The summed E-state index contributed by atoms with van der Waals surface area (Å²) < 4.78 is 26.9. The number of carbonyl (C=O) groups excluding carboxylic acids is 1. The van der Waals surface area contributed by atoms with Crippen LogP contribution >= 0.6 is 11.3 Å². The maximum atomic E-state index is 13.3. The zero-order valence-electron chi connectivity index (χ0n) is 17.4. The van der Waals surface area contributed by atoms with Crippen LogP contribution in [-0.2, 0) is 13.0 Å². The lowest BCUT2D eigenvalue weighted by atomic mass is 10.1. The Hall–Kier alpha value is -3.32. The van der Waals surface area contributed by atoms with Crippen LogP contribution in [0.4, 0.5) is 4.39 Å². The third kappa shape index (κ3) is 4.56. The SMILES string of the molecule is COc1ccc(CCNC(=O)c2cc3sccc3n2Cc2ccc(F)cc2)cc1OC. The highest BCUT2D eigenvalue weighted by Gasteiger charge is 2.17. The topological polar surface area (TPSA) is 52.5 Å². The lowest BCUT2D eigenvalue weighted by Gasteiger charge is -2.12. The fourth-order valence-corrected chi connectivity index (χ4v) is 4.38. The minimum absolute atomic E-state index is 0.133. The van der Waals surface area contributed by atoms with Gasteiger partial charge < -0.3 is 19.4 Å². The number of fused-ring (bicyclic) bond motifs is 1. The van der Waals surface area contributed by atoms with Gasteiger partial charge in [-0.3, -0.25) is 4.79 Å². The van der Waals surface area contributed by atoms with Gasteiger partial charge in [0.05, 0.1) is 24.4 Å². The van der Waals surface area contributed by atoms with Crippen molar-refractivity contribution in [1.29, 1.82) is 0 Å². The van der Waals surface area contributed by atoms with Crippen LogP contribution in [0.3, 0.4) is 0 Å². The zero-order valence-corrected chi connectivity index (χ0v) is 18.2. The summed E-state index contributed by atoms with van der Waals surface area (Å²) in [6.45, 7) is 0.989. The summed E-state index contributed by atoms with van der Waals surface area (Å²) in [5, 5.41) is 5.02. The number of thiophene rings is 1. The van der Waals surface area contributed by atoms with Crippen LogP contribution in [0.5, 0.6) is 11.5 Å². The lowest BCUT2D eigenvalue weighted by Crippen LogP contribution is -2.28. The average molecular weight is 439 g/mol. The maximum Gasteiger partial charge on any atom is 0.267 e. The number of hydrogen-bond acceptors (Lipinski definition) is 4. The van der Waals surface area contributed by atoms with E-state index in [4.69, 9.17) is 9.47 Å². The molecule has 0 aliphatic heterocycles. The van der Waals surface area contributed by atoms with Crippen LogP contribution in [0.1, 0.15) is 21.6 Å². The molecule has 2 aromatic carbocycles. The van der Waals surface area contributed by atoms with Gasteiger partial charge in [0.2, 0.25) is 0 Å². The molecule has 1 N–H and O–H groups in total. The summed E-state index contributed by atoms with van der Waals surface area (Å²) >= 11 is 1.59. The molecule has 31 heavy (non-hydrogen) atoms. The molecule has 0 saturated carbocycles. The van der Waals surface area contributed by atoms with Gasteiger partial charge in [-0.1, -0.05) is 18.2 Å². The number of aromatic nitrogens is 1. The standard InChI is InChI=1S/C24H23FN2O3S/c1-29-21-8-5-16(13-22(21)30-2)9-11-26-24(28)20-14-23-19(10-12-31-23)27(20)15-17-3-6-18(25)7-4-17/h3-8,10,12-14H,9,11,15H2,1-2H3,(H,26,28). The molecule has 0 fully saturated rings. The van der Waals surface area contributed by atoms with Crippen molar-refractivity contribution in [2.75, 3.05) is 20.8 Å². The van der Waals surface area contributed by atoms with Crippen LogP contribution in [-0.4, -0.2) is 31.2 Å². The first-order valence-corrected chi connectivity index (χ1v) is 10.8. The van der Waals surface area contributed by atoms with Crippen LogP contribution < -0.4 is 14.8 Å². The van der Waals surface area contributed by atoms with Crippen molar-refractivity contribution in [3.8, 4) is 11.5 Å². The number of benzene rings is 2. The Kier molecular flexibility index (Phi) is 6.23. The third-order valence-electron chi connectivity index (χ3n) is 5.16. The van der Waals surface area contributed by atoms with Gasteiger partial charge in [-0.05, 0) is 59.3 Å². The molecule has 7 heteroatoms. The Morgan fingerprint density at radius 2 is 1.74 bits per heavy atom. The molecule has 2 aromatic heterocycles. The van der Waals surface area contributed by atoms with Gasteiger partial charge in [-0.15, -0.1) is 11.3 Å². The van der Waals surface area contributed by atoms with Crippen molar-refractivity contribution >= 4 is 27.5 Å². The molecule has 0 atom stereocenters. The zero-order chi connectivity index (χ0) is 21.8. The fraction of sp³-hybridized carbons (Fsp3) is 0.208. The normalized spacial score (nSPS) is 10.9. The molecule has 0 bridgehead atoms. The largest absolute Gasteiger partial charge is 0.493 e. The second-order valence-electron chi connectivity index (χ2n) is 7.11. The number of rotatable bonds is 8. The van der Waals surface area contributed by atoms with Gasteiger partial charge in [-0.25, -0.2) is 4.39 Å². The van der Waals surface area contributed by atoms with Crippen molar-refractivity contribution in [2.45, 2.75) is 13.0 Å². The highest BCUT2D eigenvalue weighted by Crippen LogP contribution is 2.28. The highest BCUT2D eigenvalue weighted by molar-refractivity contribution is 7.17. The van der Waals surface area contributed by atoms with Crippen LogP contribution in [0, 0.1) is 5.82 Å². The Balaban J connectivity index is 1.48. The van der Waals surface area contributed by atoms with E-state index >= 15 is 0 Å². The molecule has 0 saturated heterocycles. The summed E-state index contributed by atoms with van der Waals surface area (Å²) in [7, 11) is 3.20. The first kappa shape index (κ1) is 20.9. The Morgan fingerprint density at radius 3 is 2.48 bits per heavy atom. The molecule has 4 rings (SSSR count). The Labute approximate surface area is 184 Å². The third-order valence-corrected chi connectivity index (χ3v) is 6.01. The van der Waals surface area contributed by atoms with Gasteiger partial charge in [0.15, 0.2) is 11.5 Å². The van der Waals surface area contributed by atoms with Crippen molar-refractivity contribution < 1.29 is 18.7 Å². The van der Waals surface area contributed by atoms with Gasteiger partial charge in [0.1, 0.15) is 11.5 Å². The van der Waals surface area contributed by atoms with Crippen LogP contribution in [0.25, 0.3) is 10.2 Å². The quantitative estimate of drug-likeness (QED) is 0.427. The monoisotopic (exact) mass is 438 g/mol. The molecule has 0 aliphatic rings. The molecule has 0 spiro atoms. The first-order valence-electron chi connectivity index (χ1n) is 9.89. The molecule has 5 nitrogen and oxygen atoms in total. The molecular formula is C24H23FN2O3S. The minimum Gasteiger partial charge on any atom is -0.493 e.